The summed E-state index contributed by atoms with van der Waals surface area (Å²) in [6.45, 7) is 8.66. The maximum absolute atomic E-state index is 13.9. The Kier molecular flexibility index (Phi) is 4.31. The van der Waals surface area contributed by atoms with Crippen LogP contribution in [0.5, 0.6) is 5.75 Å². The number of hydrogen-bond acceptors (Lipinski definition) is 1. The van der Waals surface area contributed by atoms with E-state index in [9.17, 15) is 9.50 Å². The molecule has 1 N–H and O–H groups in total. The van der Waals surface area contributed by atoms with Gasteiger partial charge in [0.2, 0.25) is 0 Å². The van der Waals surface area contributed by atoms with Crippen LogP contribution in [0.1, 0.15) is 5.56 Å². The molecule has 20 heavy (non-hydrogen) atoms. The van der Waals surface area contributed by atoms with Crippen LogP contribution in [0.4, 0.5) is 4.39 Å². The summed E-state index contributed by atoms with van der Waals surface area (Å²) in [6, 6.07) is 11.0. The number of rotatable bonds is 3. The Labute approximate surface area is 122 Å². The van der Waals surface area contributed by atoms with Crippen molar-refractivity contribution >= 4 is 32.5 Å². The third-order valence-electron chi connectivity index (χ3n) is 3.26. The first-order chi connectivity index (χ1) is 9.27. The molecular weight excluding hydrogens is 286 g/mol. The second-order valence-electron chi connectivity index (χ2n) is 6.09. The summed E-state index contributed by atoms with van der Waals surface area (Å²) >= 11 is 0. The smallest absolute Gasteiger partial charge is 0.131 e. The van der Waals surface area contributed by atoms with Crippen LogP contribution in [0.15, 0.2) is 36.4 Å². The topological polar surface area (TPSA) is 20.2 Å². The maximum Gasteiger partial charge on any atom is 0.131 e. The third kappa shape index (κ3) is 3.47. The summed E-state index contributed by atoms with van der Waals surface area (Å²) in [5, 5.41) is 12.8. The van der Waals surface area contributed by atoms with Gasteiger partial charge in [-0.3, -0.25) is 0 Å². The lowest BCUT2D eigenvalue weighted by molar-refractivity contribution is 0.480. The van der Waals surface area contributed by atoms with Crippen LogP contribution in [-0.2, 0) is 0 Å². The fraction of sp³-hybridized carbons (Fsp3) is 0.250. The molecule has 0 aliphatic rings. The lowest BCUT2D eigenvalue weighted by Gasteiger charge is -2.18. The van der Waals surface area contributed by atoms with E-state index in [-0.39, 0.29) is 20.1 Å². The summed E-state index contributed by atoms with van der Waals surface area (Å²) in [5.41, 5.74) is 0.913. The minimum Gasteiger partial charge on any atom is -0.507 e. The van der Waals surface area contributed by atoms with Crippen molar-refractivity contribution in [2.45, 2.75) is 26.6 Å². The molecule has 2 aromatic rings. The van der Waals surface area contributed by atoms with E-state index in [2.05, 4.69) is 19.6 Å². The second-order valence-corrected chi connectivity index (χ2v) is 12.5. The summed E-state index contributed by atoms with van der Waals surface area (Å²) in [6.07, 6.45) is 0. The molecule has 106 valence electrons. The highest BCUT2D eigenvalue weighted by atomic mass is 31.1. The summed E-state index contributed by atoms with van der Waals surface area (Å²) in [4.78, 5) is 0. The van der Waals surface area contributed by atoms with Crippen LogP contribution in [0.2, 0.25) is 19.6 Å². The molecule has 0 heterocycles. The number of aryl methyl sites for hydroxylation is 1. The van der Waals surface area contributed by atoms with E-state index in [1.165, 1.54) is 5.19 Å². The van der Waals surface area contributed by atoms with Gasteiger partial charge in [0, 0.05) is 10.6 Å². The molecule has 0 amide bonds. The number of phenols is 1. The van der Waals surface area contributed by atoms with E-state index in [4.69, 9.17) is 0 Å². The lowest BCUT2D eigenvalue weighted by atomic mass is 10.2. The van der Waals surface area contributed by atoms with Gasteiger partial charge < -0.3 is 5.11 Å². The van der Waals surface area contributed by atoms with Crippen LogP contribution in [0.3, 0.4) is 0 Å². The second kappa shape index (κ2) is 5.67. The molecule has 2 aromatic carbocycles. The minimum atomic E-state index is -1.43. The van der Waals surface area contributed by atoms with E-state index >= 15 is 0 Å². The summed E-state index contributed by atoms with van der Waals surface area (Å²) < 4.78 is 13.9. The molecule has 0 saturated heterocycles. The number of hydrogen-bond donors (Lipinski definition) is 1. The monoisotopic (exact) mass is 306 g/mol. The Morgan fingerprint density at radius 3 is 2.30 bits per heavy atom. The fourth-order valence-corrected chi connectivity index (χ4v) is 4.36. The van der Waals surface area contributed by atoms with Gasteiger partial charge in [0.25, 0.3) is 0 Å². The predicted octanol–water partition coefficient (Wildman–Crippen LogP) is 3.01. The van der Waals surface area contributed by atoms with Crippen molar-refractivity contribution in [2.24, 2.45) is 0 Å². The Hall–Kier alpha value is -1.18. The molecule has 0 aliphatic heterocycles. The normalized spacial score (nSPS) is 12.2. The van der Waals surface area contributed by atoms with Crippen molar-refractivity contribution in [3.63, 3.8) is 0 Å². The Bertz CT molecular complexity index is 635. The highest BCUT2D eigenvalue weighted by molar-refractivity contribution is 7.55. The molecule has 0 fully saturated rings. The van der Waals surface area contributed by atoms with Gasteiger partial charge in [-0.25, -0.2) is 4.39 Å². The van der Waals surface area contributed by atoms with Crippen molar-refractivity contribution in [3.05, 3.63) is 47.8 Å². The molecule has 1 unspecified atom stereocenters. The molecule has 0 aromatic heterocycles. The van der Waals surface area contributed by atoms with E-state index in [0.717, 1.165) is 10.9 Å². The molecule has 0 saturated carbocycles. The van der Waals surface area contributed by atoms with Gasteiger partial charge in [-0.1, -0.05) is 57.7 Å². The molecule has 0 radical (unpaired) electrons. The summed E-state index contributed by atoms with van der Waals surface area (Å²) in [7, 11) is -1.28. The minimum absolute atomic E-state index is 0.143. The average molecular weight is 306 g/mol. The highest BCUT2D eigenvalue weighted by Gasteiger charge is 2.18. The first-order valence-corrected chi connectivity index (χ1v) is 11.1. The number of halogens is 1. The molecule has 1 atom stereocenters. The Morgan fingerprint density at radius 2 is 1.70 bits per heavy atom. The third-order valence-corrected chi connectivity index (χ3v) is 6.64. The molecule has 0 bridgehead atoms. The van der Waals surface area contributed by atoms with Crippen LogP contribution in [0.25, 0.3) is 0 Å². The van der Waals surface area contributed by atoms with E-state index in [0.29, 0.717) is 5.30 Å². The van der Waals surface area contributed by atoms with Gasteiger partial charge in [0.15, 0.2) is 0 Å². The molecule has 0 aliphatic carbocycles. The quantitative estimate of drug-likeness (QED) is 0.683. The van der Waals surface area contributed by atoms with Crippen LogP contribution in [0, 0.1) is 12.7 Å². The van der Waals surface area contributed by atoms with Gasteiger partial charge >= 0.3 is 0 Å². The average Bonchev–Trinajstić information content (AvgIpc) is 2.33. The fourth-order valence-electron chi connectivity index (χ4n) is 1.97. The lowest BCUT2D eigenvalue weighted by Crippen LogP contribution is -2.38. The van der Waals surface area contributed by atoms with Crippen molar-refractivity contribution in [3.8, 4) is 5.75 Å². The Balaban J connectivity index is 2.38. The van der Waals surface area contributed by atoms with E-state index in [1.54, 1.807) is 12.1 Å². The first kappa shape index (κ1) is 15.2. The Morgan fingerprint density at radius 1 is 1.00 bits per heavy atom. The van der Waals surface area contributed by atoms with Gasteiger partial charge in [-0.2, -0.15) is 0 Å². The number of aromatic hydroxyl groups is 1. The zero-order valence-corrected chi connectivity index (χ0v) is 14.3. The molecule has 0 spiro atoms. The molecule has 1 nitrogen and oxygen atoms in total. The van der Waals surface area contributed by atoms with Gasteiger partial charge in [-0.15, -0.1) is 0 Å². The van der Waals surface area contributed by atoms with E-state index < -0.39 is 8.07 Å². The van der Waals surface area contributed by atoms with Gasteiger partial charge in [-0.05, 0) is 24.6 Å². The first-order valence-electron chi connectivity index (χ1n) is 6.64. The maximum atomic E-state index is 13.9. The van der Waals surface area contributed by atoms with Crippen molar-refractivity contribution in [1.29, 1.82) is 0 Å². The van der Waals surface area contributed by atoms with Gasteiger partial charge in [0.05, 0.1) is 8.07 Å². The van der Waals surface area contributed by atoms with Crippen LogP contribution in [-0.4, -0.2) is 13.2 Å². The zero-order valence-electron chi connectivity index (χ0n) is 12.3. The number of phenolic OH excluding ortho intramolecular Hbond substituents is 1. The van der Waals surface area contributed by atoms with Crippen LogP contribution < -0.4 is 15.8 Å². The number of benzene rings is 2. The molecular formula is C16H20FOPSi. The molecule has 2 rings (SSSR count). The van der Waals surface area contributed by atoms with Gasteiger partial charge in [0.1, 0.15) is 11.6 Å². The van der Waals surface area contributed by atoms with Crippen LogP contribution >= 0.6 is 8.58 Å². The van der Waals surface area contributed by atoms with Crippen molar-refractivity contribution in [2.75, 3.05) is 0 Å². The SMILES string of the molecule is Cc1ccc(Pc2cc([Si](C)(C)C)ccc2O)c(F)c1. The largest absolute Gasteiger partial charge is 0.507 e. The molecule has 4 heteroatoms. The van der Waals surface area contributed by atoms with Crippen molar-refractivity contribution in [1.82, 2.24) is 0 Å². The highest BCUT2D eigenvalue weighted by Crippen LogP contribution is 2.20. The van der Waals surface area contributed by atoms with E-state index in [1.807, 2.05) is 31.2 Å². The summed E-state index contributed by atoms with van der Waals surface area (Å²) in [5.74, 6) is 0.0615. The standard InChI is InChI=1S/C16H20FOPSi/c1-11-5-8-15(13(17)9-11)19-16-10-12(20(2,3)4)6-7-14(16)18/h5-10,18-19H,1-4H3. The predicted molar refractivity (Wildman–Crippen MR) is 89.8 cm³/mol. The van der Waals surface area contributed by atoms with Crippen molar-refractivity contribution < 1.29 is 9.50 Å². The zero-order chi connectivity index (χ0) is 14.9.